The number of nitrogens with zero attached hydrogens (tertiary/aromatic N) is 4. The fourth-order valence-electron chi connectivity index (χ4n) is 0.506. The van der Waals surface area contributed by atoms with Gasteiger partial charge in [0.2, 0.25) is 5.96 Å². The van der Waals surface area contributed by atoms with Crippen molar-refractivity contribution in [2.45, 2.75) is 0 Å². The third-order valence-corrected chi connectivity index (χ3v) is 1.35. The molecule has 0 atom stereocenters. The molecule has 0 bridgehead atoms. The van der Waals surface area contributed by atoms with Crippen molar-refractivity contribution in [1.29, 1.82) is 0 Å². The van der Waals surface area contributed by atoms with E-state index in [-0.39, 0.29) is 0 Å². The molecule has 0 unspecified atom stereocenters. The molecule has 8 nitrogen and oxygen atoms in total. The van der Waals surface area contributed by atoms with Crippen LogP contribution in [0, 0.1) is 0 Å². The minimum atomic E-state index is -4.49. The van der Waals surface area contributed by atoms with Crippen LogP contribution in [0.15, 0.2) is 17.4 Å². The summed E-state index contributed by atoms with van der Waals surface area (Å²) in [6, 6.07) is 0. The molecule has 1 aromatic heterocycles. The quantitative estimate of drug-likeness (QED) is 0.282. The van der Waals surface area contributed by atoms with E-state index in [4.69, 9.17) is 15.5 Å². The Morgan fingerprint density at radius 3 is 2.75 bits per heavy atom. The molecular weight excluding hydrogens is 185 g/mol. The third-order valence-electron chi connectivity index (χ3n) is 0.886. The van der Waals surface area contributed by atoms with E-state index in [1.165, 1.54) is 12.7 Å². The maximum Gasteiger partial charge on any atom is 0.451 e. The predicted molar refractivity (Wildman–Crippen MR) is 39.1 cm³/mol. The molecule has 0 amide bonds. The lowest BCUT2D eigenvalue weighted by Gasteiger charge is -1.99. The summed E-state index contributed by atoms with van der Waals surface area (Å²) in [6.07, 6.45) is 2.34. The molecule has 12 heavy (non-hydrogen) atoms. The Morgan fingerprint density at radius 2 is 2.33 bits per heavy atom. The maximum atomic E-state index is 10.3. The minimum absolute atomic E-state index is 0.402. The fraction of sp³-hybridized carbons (Fsp3) is 0. The van der Waals surface area contributed by atoms with E-state index in [2.05, 4.69) is 14.8 Å². The van der Waals surface area contributed by atoms with Gasteiger partial charge in [-0.25, -0.2) is 9.55 Å². The van der Waals surface area contributed by atoms with Crippen LogP contribution in [0.3, 0.4) is 0 Å². The molecule has 9 heteroatoms. The first kappa shape index (κ1) is 8.85. The summed E-state index contributed by atoms with van der Waals surface area (Å²) in [5, 5.41) is 3.51. The third kappa shape index (κ3) is 2.42. The van der Waals surface area contributed by atoms with Gasteiger partial charge in [-0.15, -0.1) is 4.76 Å². The minimum Gasteiger partial charge on any atom is -0.368 e. The summed E-state index contributed by atoms with van der Waals surface area (Å²) in [5.74, 6) is -0.402. The van der Waals surface area contributed by atoms with E-state index in [1.807, 2.05) is 0 Å². The summed E-state index contributed by atoms with van der Waals surface area (Å²) in [5.41, 5.74) is 5.14. The van der Waals surface area contributed by atoms with Gasteiger partial charge in [-0.3, -0.25) is 0 Å². The van der Waals surface area contributed by atoms with E-state index < -0.39 is 13.7 Å². The lowest BCUT2D eigenvalue weighted by atomic mass is 11.0. The molecule has 66 valence electrons. The van der Waals surface area contributed by atoms with Crippen LogP contribution in [0.4, 0.5) is 0 Å². The fourth-order valence-corrected chi connectivity index (χ4v) is 0.864. The molecule has 0 radical (unpaired) electrons. The second-order valence-corrected chi connectivity index (χ2v) is 3.04. The smallest absolute Gasteiger partial charge is 0.368 e. The first-order chi connectivity index (χ1) is 5.49. The van der Waals surface area contributed by atoms with Gasteiger partial charge in [0.1, 0.15) is 12.7 Å². The van der Waals surface area contributed by atoms with Crippen LogP contribution >= 0.6 is 7.75 Å². The summed E-state index contributed by atoms with van der Waals surface area (Å²) < 4.78 is 14.1. The monoisotopic (exact) mass is 191 g/mol. The van der Waals surface area contributed by atoms with Crippen molar-refractivity contribution in [2.75, 3.05) is 0 Å². The van der Waals surface area contributed by atoms with Crippen molar-refractivity contribution in [1.82, 2.24) is 14.8 Å². The largest absolute Gasteiger partial charge is 0.451 e. The molecule has 4 N–H and O–H groups in total. The van der Waals surface area contributed by atoms with E-state index in [0.717, 1.165) is 4.68 Å². The van der Waals surface area contributed by atoms with Gasteiger partial charge in [-0.05, 0) is 0 Å². The second-order valence-electron chi connectivity index (χ2n) is 1.81. The first-order valence-corrected chi connectivity index (χ1v) is 4.32. The maximum absolute atomic E-state index is 10.3. The van der Waals surface area contributed by atoms with Crippen molar-refractivity contribution in [3.05, 3.63) is 12.7 Å². The molecule has 1 heterocycles. The summed E-state index contributed by atoms with van der Waals surface area (Å²) in [6.45, 7) is 0. The zero-order valence-electron chi connectivity index (χ0n) is 5.77. The molecular formula is C3H6N5O3P. The van der Waals surface area contributed by atoms with E-state index in [9.17, 15) is 4.57 Å². The zero-order chi connectivity index (χ0) is 9.19. The van der Waals surface area contributed by atoms with Gasteiger partial charge in [0.05, 0.1) is 0 Å². The van der Waals surface area contributed by atoms with Gasteiger partial charge in [0.25, 0.3) is 0 Å². The van der Waals surface area contributed by atoms with Gasteiger partial charge in [0, 0.05) is 0 Å². The Morgan fingerprint density at radius 1 is 1.67 bits per heavy atom. The number of rotatable bonds is 1. The lowest BCUT2D eigenvalue weighted by Crippen LogP contribution is -2.22. The second kappa shape index (κ2) is 3.02. The predicted octanol–water partition coefficient (Wildman–Crippen LogP) is -1.47. The summed E-state index contributed by atoms with van der Waals surface area (Å²) >= 11 is 0. The standard InChI is InChI=1S/C3H6N5O3P/c4-3(7-12(9,10)11)8-2-5-1-6-8/h1-2H,(H4,4,7,9,10,11). The van der Waals surface area contributed by atoms with Crippen molar-refractivity contribution < 1.29 is 14.4 Å². The average molecular weight is 191 g/mol. The Kier molecular flexibility index (Phi) is 2.22. The van der Waals surface area contributed by atoms with Crippen molar-refractivity contribution in [2.24, 2.45) is 10.5 Å². The molecule has 0 aliphatic carbocycles. The average Bonchev–Trinajstić information content (AvgIpc) is 2.32. The van der Waals surface area contributed by atoms with E-state index in [0.29, 0.717) is 0 Å². The Bertz CT molecular complexity index is 326. The van der Waals surface area contributed by atoms with E-state index >= 15 is 0 Å². The van der Waals surface area contributed by atoms with Gasteiger partial charge >= 0.3 is 7.75 Å². The van der Waals surface area contributed by atoms with Crippen LogP contribution < -0.4 is 5.73 Å². The van der Waals surface area contributed by atoms with Crippen molar-refractivity contribution >= 4 is 13.7 Å². The van der Waals surface area contributed by atoms with Crippen LogP contribution in [-0.2, 0) is 4.57 Å². The SMILES string of the molecule is NC(=NP(=O)(O)O)n1cncn1. The van der Waals surface area contributed by atoms with Crippen LogP contribution in [0.2, 0.25) is 0 Å². The molecule has 0 aromatic carbocycles. The molecule has 0 aliphatic heterocycles. The molecule has 1 rings (SSSR count). The topological polar surface area (TPSA) is 127 Å². The molecule has 0 fully saturated rings. The number of nitrogens with two attached hydrogens (primary N) is 1. The van der Waals surface area contributed by atoms with Crippen molar-refractivity contribution in [3.63, 3.8) is 0 Å². The Hall–Kier alpha value is -1.24. The molecule has 0 spiro atoms. The van der Waals surface area contributed by atoms with Crippen LogP contribution in [0.5, 0.6) is 0 Å². The lowest BCUT2D eigenvalue weighted by molar-refractivity contribution is 0.375. The first-order valence-electron chi connectivity index (χ1n) is 2.75. The molecule has 0 saturated carbocycles. The van der Waals surface area contributed by atoms with Gasteiger partial charge in [-0.1, -0.05) is 0 Å². The summed E-state index contributed by atoms with van der Waals surface area (Å²) in [4.78, 5) is 20.2. The van der Waals surface area contributed by atoms with Crippen molar-refractivity contribution in [3.8, 4) is 0 Å². The highest BCUT2D eigenvalue weighted by molar-refractivity contribution is 7.50. The molecule has 0 aliphatic rings. The molecule has 0 saturated heterocycles. The number of aromatic nitrogens is 3. The number of hydrogen-bond acceptors (Lipinski definition) is 3. The summed E-state index contributed by atoms with van der Waals surface area (Å²) in [7, 11) is -4.49. The van der Waals surface area contributed by atoms with Gasteiger partial charge < -0.3 is 15.5 Å². The molecule has 1 aromatic rings. The van der Waals surface area contributed by atoms with Gasteiger partial charge in [-0.2, -0.15) is 9.78 Å². The zero-order valence-corrected chi connectivity index (χ0v) is 6.67. The Balaban J connectivity index is 2.93. The van der Waals surface area contributed by atoms with Crippen LogP contribution in [-0.4, -0.2) is 30.5 Å². The number of hydrogen-bond donors (Lipinski definition) is 3. The highest BCUT2D eigenvalue weighted by Gasteiger charge is 2.11. The highest BCUT2D eigenvalue weighted by Crippen LogP contribution is 2.35. The van der Waals surface area contributed by atoms with Crippen LogP contribution in [0.1, 0.15) is 0 Å². The normalized spacial score (nSPS) is 13.3. The Labute approximate surface area is 67.0 Å². The van der Waals surface area contributed by atoms with Crippen LogP contribution in [0.25, 0.3) is 0 Å². The van der Waals surface area contributed by atoms with Gasteiger partial charge in [0.15, 0.2) is 0 Å². The highest BCUT2D eigenvalue weighted by atomic mass is 31.2. The van der Waals surface area contributed by atoms with E-state index in [1.54, 1.807) is 0 Å².